The Morgan fingerprint density at radius 2 is 2.30 bits per heavy atom. The fourth-order valence-electron chi connectivity index (χ4n) is 2.91. The van der Waals surface area contributed by atoms with Crippen LogP contribution in [0.2, 0.25) is 5.02 Å². The summed E-state index contributed by atoms with van der Waals surface area (Å²) in [6.45, 7) is 3.07. The van der Waals surface area contributed by atoms with Crippen molar-refractivity contribution in [3.8, 4) is 11.4 Å². The van der Waals surface area contributed by atoms with Crippen molar-refractivity contribution in [1.29, 1.82) is 0 Å². The quantitative estimate of drug-likeness (QED) is 0.792. The number of aryl methyl sites for hydroxylation is 1. The van der Waals surface area contributed by atoms with Crippen molar-refractivity contribution < 1.29 is 8.91 Å². The monoisotopic (exact) mass is 334 g/mol. The first kappa shape index (κ1) is 14.1. The van der Waals surface area contributed by atoms with E-state index in [0.29, 0.717) is 6.54 Å². The maximum Gasteiger partial charge on any atom is 0.209 e. The highest BCUT2D eigenvalue weighted by atomic mass is 35.5. The van der Waals surface area contributed by atoms with Crippen LogP contribution in [0.15, 0.2) is 16.7 Å². The molecule has 1 N–H and O–H groups in total. The number of rotatable bonds is 3. The summed E-state index contributed by atoms with van der Waals surface area (Å²) in [6, 6.07) is 3.52. The number of aromatic nitrogens is 5. The van der Waals surface area contributed by atoms with Crippen molar-refractivity contribution in [2.45, 2.75) is 19.9 Å². The van der Waals surface area contributed by atoms with Crippen LogP contribution in [-0.4, -0.2) is 32.3 Å². The van der Waals surface area contributed by atoms with Gasteiger partial charge in [0.05, 0.1) is 22.8 Å². The van der Waals surface area contributed by atoms with E-state index in [0.717, 1.165) is 35.7 Å². The lowest BCUT2D eigenvalue weighted by atomic mass is 10.1. The van der Waals surface area contributed by atoms with Crippen LogP contribution in [0.3, 0.4) is 0 Å². The third-order valence-corrected chi connectivity index (χ3v) is 4.11. The number of nitrogens with zero attached hydrogens (tertiary/aromatic N) is 5. The summed E-state index contributed by atoms with van der Waals surface area (Å²) in [6.07, 6.45) is 0.761. The minimum atomic E-state index is -0.546. The molecule has 0 fully saturated rings. The van der Waals surface area contributed by atoms with Crippen molar-refractivity contribution >= 4 is 17.3 Å². The molecule has 0 amide bonds. The molecule has 0 saturated heterocycles. The summed E-state index contributed by atoms with van der Waals surface area (Å²) < 4.78 is 19.7. The van der Waals surface area contributed by atoms with E-state index in [1.807, 2.05) is 17.9 Å². The molecule has 0 unspecified atom stereocenters. The molecule has 9 heteroatoms. The Kier molecular flexibility index (Phi) is 3.26. The van der Waals surface area contributed by atoms with Gasteiger partial charge in [-0.05, 0) is 30.2 Å². The summed E-state index contributed by atoms with van der Waals surface area (Å²) in [5.41, 5.74) is 2.73. The van der Waals surface area contributed by atoms with Gasteiger partial charge in [-0.15, -0.1) is 10.2 Å². The first-order valence-electron chi connectivity index (χ1n) is 7.05. The van der Waals surface area contributed by atoms with E-state index < -0.39 is 5.82 Å². The lowest BCUT2D eigenvalue weighted by Crippen LogP contribution is -2.21. The van der Waals surface area contributed by atoms with Gasteiger partial charge in [0.25, 0.3) is 0 Å². The second kappa shape index (κ2) is 5.31. The SMILES string of the molecule is Cc1cc(CN2CCc3cc(Cl)c(F)c(-c4nn[nH]n4)c32)no1. The molecular weight excluding hydrogens is 323 g/mol. The Hall–Kier alpha value is -2.48. The van der Waals surface area contributed by atoms with Crippen LogP contribution in [0.5, 0.6) is 0 Å². The first-order chi connectivity index (χ1) is 11.1. The third-order valence-electron chi connectivity index (χ3n) is 3.84. The Morgan fingerprint density at radius 1 is 1.43 bits per heavy atom. The van der Waals surface area contributed by atoms with Crippen molar-refractivity contribution in [3.05, 3.63) is 40.0 Å². The zero-order chi connectivity index (χ0) is 16.0. The zero-order valence-electron chi connectivity index (χ0n) is 12.2. The number of nitrogens with one attached hydrogen (secondary N) is 1. The van der Waals surface area contributed by atoms with E-state index in [2.05, 4.69) is 25.8 Å². The van der Waals surface area contributed by atoms with Gasteiger partial charge in [0.15, 0.2) is 5.82 Å². The molecule has 0 saturated carbocycles. The van der Waals surface area contributed by atoms with Crippen LogP contribution >= 0.6 is 11.6 Å². The molecule has 0 atom stereocenters. The van der Waals surface area contributed by atoms with Gasteiger partial charge in [0.2, 0.25) is 5.82 Å². The van der Waals surface area contributed by atoms with Gasteiger partial charge in [-0.2, -0.15) is 5.21 Å². The molecule has 1 aliphatic heterocycles. The number of hydrogen-bond donors (Lipinski definition) is 1. The van der Waals surface area contributed by atoms with E-state index in [1.54, 1.807) is 6.07 Å². The van der Waals surface area contributed by atoms with Crippen molar-refractivity contribution in [1.82, 2.24) is 25.8 Å². The molecule has 7 nitrogen and oxygen atoms in total. The number of fused-ring (bicyclic) bond motifs is 1. The molecule has 1 aromatic carbocycles. The van der Waals surface area contributed by atoms with E-state index in [1.165, 1.54) is 0 Å². The fourth-order valence-corrected chi connectivity index (χ4v) is 3.13. The number of tetrazole rings is 1. The van der Waals surface area contributed by atoms with E-state index in [-0.39, 0.29) is 16.4 Å². The average Bonchev–Trinajstić information content (AvgIpc) is 3.24. The van der Waals surface area contributed by atoms with Gasteiger partial charge in [0, 0.05) is 12.6 Å². The second-order valence-electron chi connectivity index (χ2n) is 5.39. The standard InChI is InChI=1S/C14H12ClFN6O/c1-7-4-9(19-23-7)6-22-3-2-8-5-10(15)12(16)11(13(8)22)14-17-20-21-18-14/h4-5H,2-3,6H2,1H3,(H,17,18,20,21). The molecule has 3 heterocycles. The normalized spacial score (nSPS) is 13.6. The lowest BCUT2D eigenvalue weighted by Gasteiger charge is -2.20. The van der Waals surface area contributed by atoms with E-state index in [4.69, 9.17) is 16.1 Å². The fraction of sp³-hybridized carbons (Fsp3) is 0.286. The first-order valence-corrected chi connectivity index (χ1v) is 7.43. The minimum absolute atomic E-state index is 0.0580. The highest BCUT2D eigenvalue weighted by Crippen LogP contribution is 2.42. The van der Waals surface area contributed by atoms with Gasteiger partial charge >= 0.3 is 0 Å². The van der Waals surface area contributed by atoms with Crippen LogP contribution in [-0.2, 0) is 13.0 Å². The zero-order valence-corrected chi connectivity index (χ0v) is 12.9. The number of halogens is 2. The smallest absolute Gasteiger partial charge is 0.209 e. The summed E-state index contributed by atoms with van der Waals surface area (Å²) in [5.74, 6) is 0.375. The lowest BCUT2D eigenvalue weighted by molar-refractivity contribution is 0.390. The Labute approximate surface area is 135 Å². The maximum atomic E-state index is 14.6. The Morgan fingerprint density at radius 3 is 3.00 bits per heavy atom. The summed E-state index contributed by atoms with van der Waals surface area (Å²) in [5, 5.41) is 17.7. The predicted molar refractivity (Wildman–Crippen MR) is 80.6 cm³/mol. The molecule has 4 rings (SSSR count). The van der Waals surface area contributed by atoms with Gasteiger partial charge in [-0.25, -0.2) is 4.39 Å². The van der Waals surface area contributed by atoms with Crippen molar-refractivity contribution in [3.63, 3.8) is 0 Å². The molecule has 23 heavy (non-hydrogen) atoms. The molecule has 0 radical (unpaired) electrons. The summed E-state index contributed by atoms with van der Waals surface area (Å²) >= 11 is 6.02. The van der Waals surface area contributed by atoms with Gasteiger partial charge in [0.1, 0.15) is 11.5 Å². The number of aromatic amines is 1. The highest BCUT2D eigenvalue weighted by Gasteiger charge is 2.30. The average molecular weight is 335 g/mol. The number of hydrogen-bond acceptors (Lipinski definition) is 6. The van der Waals surface area contributed by atoms with Gasteiger partial charge < -0.3 is 9.42 Å². The van der Waals surface area contributed by atoms with Crippen LogP contribution < -0.4 is 4.90 Å². The Bertz CT molecular complexity index is 863. The number of benzene rings is 1. The van der Waals surface area contributed by atoms with Crippen LogP contribution in [0.25, 0.3) is 11.4 Å². The maximum absolute atomic E-state index is 14.6. The molecule has 0 aliphatic carbocycles. The minimum Gasteiger partial charge on any atom is -0.364 e. The predicted octanol–water partition coefficient (Wildman–Crippen LogP) is 2.52. The number of H-pyrrole nitrogens is 1. The van der Waals surface area contributed by atoms with Crippen molar-refractivity contribution in [2.75, 3.05) is 11.4 Å². The van der Waals surface area contributed by atoms with Crippen LogP contribution in [0, 0.1) is 12.7 Å². The molecule has 0 spiro atoms. The molecule has 0 bridgehead atoms. The number of anilines is 1. The van der Waals surface area contributed by atoms with Crippen LogP contribution in [0.1, 0.15) is 17.0 Å². The topological polar surface area (TPSA) is 83.7 Å². The Balaban J connectivity index is 1.82. The van der Waals surface area contributed by atoms with E-state index >= 15 is 0 Å². The summed E-state index contributed by atoms with van der Waals surface area (Å²) in [4.78, 5) is 2.03. The second-order valence-corrected chi connectivity index (χ2v) is 5.80. The van der Waals surface area contributed by atoms with E-state index in [9.17, 15) is 4.39 Å². The van der Waals surface area contributed by atoms with Gasteiger partial charge in [-0.3, -0.25) is 0 Å². The third kappa shape index (κ3) is 2.35. The highest BCUT2D eigenvalue weighted by molar-refractivity contribution is 6.31. The molecule has 1 aliphatic rings. The largest absolute Gasteiger partial charge is 0.364 e. The van der Waals surface area contributed by atoms with Gasteiger partial charge in [-0.1, -0.05) is 16.8 Å². The summed E-state index contributed by atoms with van der Waals surface area (Å²) in [7, 11) is 0. The molecule has 2 aromatic heterocycles. The molecule has 118 valence electrons. The molecule has 3 aromatic rings. The van der Waals surface area contributed by atoms with Crippen molar-refractivity contribution in [2.24, 2.45) is 0 Å². The van der Waals surface area contributed by atoms with Crippen LogP contribution in [0.4, 0.5) is 10.1 Å². The molecular formula is C14H12ClFN6O.